The number of aromatic amines is 1. The number of aromatic nitrogens is 1. The molecular formula is C17H23N3O. The highest BCUT2D eigenvalue weighted by atomic mass is 16.2. The molecule has 2 aromatic rings. The van der Waals surface area contributed by atoms with E-state index in [1.165, 1.54) is 5.39 Å². The molecule has 1 aromatic heterocycles. The minimum atomic E-state index is 0.249. The molecule has 0 unspecified atom stereocenters. The largest absolute Gasteiger partial charge is 0.358 e. The van der Waals surface area contributed by atoms with Gasteiger partial charge in [-0.15, -0.1) is 0 Å². The van der Waals surface area contributed by atoms with Crippen LogP contribution in [0.15, 0.2) is 24.3 Å². The number of benzene rings is 1. The van der Waals surface area contributed by atoms with Crippen LogP contribution in [0, 0.1) is 6.92 Å². The highest BCUT2D eigenvalue weighted by Gasteiger charge is 2.21. The number of para-hydroxylation sites is 1. The second-order valence-corrected chi connectivity index (χ2v) is 5.77. The lowest BCUT2D eigenvalue weighted by Gasteiger charge is -2.34. The number of piperazine rings is 1. The Kier molecular flexibility index (Phi) is 3.97. The standard InChI is InChI=1S/C17H23N3O/c1-3-19-8-10-20(11-9-19)17(21)12-15-13(2)18-16-7-5-4-6-14(15)16/h4-7,18H,3,8-12H2,1-2H3. The molecule has 4 heteroatoms. The van der Waals surface area contributed by atoms with Crippen molar-refractivity contribution in [3.05, 3.63) is 35.5 Å². The third-order valence-electron chi connectivity index (χ3n) is 4.53. The third kappa shape index (κ3) is 2.81. The average molecular weight is 285 g/mol. The molecule has 21 heavy (non-hydrogen) atoms. The van der Waals surface area contributed by atoms with E-state index in [0.29, 0.717) is 6.42 Å². The first-order valence-corrected chi connectivity index (χ1v) is 7.75. The monoisotopic (exact) mass is 285 g/mol. The number of hydrogen-bond acceptors (Lipinski definition) is 2. The topological polar surface area (TPSA) is 39.3 Å². The predicted molar refractivity (Wildman–Crippen MR) is 85.4 cm³/mol. The van der Waals surface area contributed by atoms with Crippen molar-refractivity contribution in [2.75, 3.05) is 32.7 Å². The molecule has 0 radical (unpaired) electrons. The minimum Gasteiger partial charge on any atom is -0.358 e. The van der Waals surface area contributed by atoms with E-state index in [2.05, 4.69) is 35.9 Å². The van der Waals surface area contributed by atoms with E-state index in [1.807, 2.05) is 17.0 Å². The highest BCUT2D eigenvalue weighted by Crippen LogP contribution is 2.23. The number of nitrogens with zero attached hydrogens (tertiary/aromatic N) is 2. The first-order valence-electron chi connectivity index (χ1n) is 7.75. The number of carbonyl (C=O) groups excluding carboxylic acids is 1. The maximum Gasteiger partial charge on any atom is 0.227 e. The Hall–Kier alpha value is -1.81. The molecule has 1 saturated heterocycles. The van der Waals surface area contributed by atoms with Gasteiger partial charge in [0.15, 0.2) is 0 Å². The molecule has 1 aliphatic rings. The van der Waals surface area contributed by atoms with Crippen LogP contribution >= 0.6 is 0 Å². The van der Waals surface area contributed by atoms with Gasteiger partial charge in [-0.25, -0.2) is 0 Å². The van der Waals surface area contributed by atoms with Crippen molar-refractivity contribution >= 4 is 16.8 Å². The fourth-order valence-electron chi connectivity index (χ4n) is 3.14. The Labute approximate surface area is 125 Å². The van der Waals surface area contributed by atoms with Gasteiger partial charge in [-0.3, -0.25) is 4.79 Å². The number of likely N-dealkylation sites (N-methyl/N-ethyl adjacent to an activating group) is 1. The molecule has 3 rings (SSSR count). The summed E-state index contributed by atoms with van der Waals surface area (Å²) in [4.78, 5) is 20.3. The number of nitrogens with one attached hydrogen (secondary N) is 1. The molecule has 1 aromatic carbocycles. The summed E-state index contributed by atoms with van der Waals surface area (Å²) in [6.45, 7) is 9.00. The van der Waals surface area contributed by atoms with Gasteiger partial charge in [-0.05, 0) is 25.1 Å². The van der Waals surface area contributed by atoms with Gasteiger partial charge >= 0.3 is 0 Å². The van der Waals surface area contributed by atoms with Crippen LogP contribution in [-0.4, -0.2) is 53.4 Å². The first-order chi connectivity index (χ1) is 10.2. The Morgan fingerprint density at radius 1 is 1.19 bits per heavy atom. The first kappa shape index (κ1) is 14.1. The van der Waals surface area contributed by atoms with Crippen LogP contribution in [0.25, 0.3) is 10.9 Å². The van der Waals surface area contributed by atoms with Gasteiger partial charge in [-0.2, -0.15) is 0 Å². The quantitative estimate of drug-likeness (QED) is 0.939. The zero-order valence-electron chi connectivity index (χ0n) is 12.9. The number of fused-ring (bicyclic) bond motifs is 1. The molecule has 1 aliphatic heterocycles. The SMILES string of the molecule is CCN1CCN(C(=O)Cc2c(C)[nH]c3ccccc23)CC1. The number of aryl methyl sites for hydroxylation is 1. The highest BCUT2D eigenvalue weighted by molar-refractivity contribution is 5.90. The summed E-state index contributed by atoms with van der Waals surface area (Å²) >= 11 is 0. The van der Waals surface area contributed by atoms with E-state index in [9.17, 15) is 4.79 Å². The number of rotatable bonds is 3. The maximum absolute atomic E-state index is 12.5. The van der Waals surface area contributed by atoms with E-state index in [-0.39, 0.29) is 5.91 Å². The normalized spacial score (nSPS) is 16.6. The second kappa shape index (κ2) is 5.90. The van der Waals surface area contributed by atoms with Gasteiger partial charge in [0.2, 0.25) is 5.91 Å². The van der Waals surface area contributed by atoms with E-state index >= 15 is 0 Å². The maximum atomic E-state index is 12.5. The summed E-state index contributed by atoms with van der Waals surface area (Å²) in [5.74, 6) is 0.249. The Bertz CT molecular complexity index is 639. The van der Waals surface area contributed by atoms with Crippen molar-refractivity contribution in [2.24, 2.45) is 0 Å². The average Bonchev–Trinajstić information content (AvgIpc) is 2.83. The van der Waals surface area contributed by atoms with Crippen molar-refractivity contribution in [3.8, 4) is 0 Å². The predicted octanol–water partition coefficient (Wildman–Crippen LogP) is 2.18. The van der Waals surface area contributed by atoms with Crippen LogP contribution in [0.1, 0.15) is 18.2 Å². The molecule has 2 heterocycles. The van der Waals surface area contributed by atoms with E-state index < -0.39 is 0 Å². The fourth-order valence-corrected chi connectivity index (χ4v) is 3.14. The fraction of sp³-hybridized carbons (Fsp3) is 0.471. The van der Waals surface area contributed by atoms with Gasteiger partial charge in [0.05, 0.1) is 6.42 Å². The molecular weight excluding hydrogens is 262 g/mol. The number of amides is 1. The van der Waals surface area contributed by atoms with E-state index in [0.717, 1.165) is 49.5 Å². The summed E-state index contributed by atoms with van der Waals surface area (Å²) in [6.07, 6.45) is 0.502. The van der Waals surface area contributed by atoms with Crippen molar-refractivity contribution < 1.29 is 4.79 Å². The van der Waals surface area contributed by atoms with E-state index in [4.69, 9.17) is 0 Å². The molecule has 4 nitrogen and oxygen atoms in total. The zero-order valence-corrected chi connectivity index (χ0v) is 12.9. The lowest BCUT2D eigenvalue weighted by molar-refractivity contribution is -0.132. The summed E-state index contributed by atoms with van der Waals surface area (Å²) < 4.78 is 0. The van der Waals surface area contributed by atoms with Crippen LogP contribution in [0.2, 0.25) is 0 Å². The smallest absolute Gasteiger partial charge is 0.227 e. The molecule has 112 valence electrons. The Morgan fingerprint density at radius 3 is 2.62 bits per heavy atom. The molecule has 1 N–H and O–H groups in total. The Balaban J connectivity index is 1.73. The summed E-state index contributed by atoms with van der Waals surface area (Å²) in [5.41, 5.74) is 3.37. The van der Waals surface area contributed by atoms with Gasteiger partial charge in [0, 0.05) is 42.8 Å². The van der Waals surface area contributed by atoms with Crippen LogP contribution < -0.4 is 0 Å². The zero-order chi connectivity index (χ0) is 14.8. The molecule has 0 spiro atoms. The summed E-state index contributed by atoms with van der Waals surface area (Å²) in [7, 11) is 0. The molecule has 0 atom stereocenters. The number of carbonyl (C=O) groups is 1. The van der Waals surface area contributed by atoms with Gasteiger partial charge in [-0.1, -0.05) is 25.1 Å². The Morgan fingerprint density at radius 2 is 1.90 bits per heavy atom. The van der Waals surface area contributed by atoms with Crippen molar-refractivity contribution in [1.82, 2.24) is 14.8 Å². The van der Waals surface area contributed by atoms with Crippen LogP contribution in [-0.2, 0) is 11.2 Å². The van der Waals surface area contributed by atoms with Crippen LogP contribution in [0.4, 0.5) is 0 Å². The van der Waals surface area contributed by atoms with Crippen LogP contribution in [0.3, 0.4) is 0 Å². The van der Waals surface area contributed by atoms with Gasteiger partial charge in [0.1, 0.15) is 0 Å². The van der Waals surface area contributed by atoms with Crippen molar-refractivity contribution in [1.29, 1.82) is 0 Å². The summed E-state index contributed by atoms with van der Waals surface area (Å²) in [6, 6.07) is 8.21. The van der Waals surface area contributed by atoms with Gasteiger partial charge in [0.25, 0.3) is 0 Å². The van der Waals surface area contributed by atoms with Crippen molar-refractivity contribution in [3.63, 3.8) is 0 Å². The second-order valence-electron chi connectivity index (χ2n) is 5.77. The minimum absolute atomic E-state index is 0.249. The van der Waals surface area contributed by atoms with Crippen molar-refractivity contribution in [2.45, 2.75) is 20.3 Å². The molecule has 0 aliphatic carbocycles. The van der Waals surface area contributed by atoms with Crippen LogP contribution in [0.5, 0.6) is 0 Å². The van der Waals surface area contributed by atoms with Gasteiger partial charge < -0.3 is 14.8 Å². The molecule has 1 fully saturated rings. The lowest BCUT2D eigenvalue weighted by Crippen LogP contribution is -2.48. The third-order valence-corrected chi connectivity index (χ3v) is 4.53. The van der Waals surface area contributed by atoms with E-state index in [1.54, 1.807) is 0 Å². The summed E-state index contributed by atoms with van der Waals surface area (Å²) in [5, 5.41) is 1.18. The number of H-pyrrole nitrogens is 1. The number of hydrogen-bond donors (Lipinski definition) is 1. The lowest BCUT2D eigenvalue weighted by atomic mass is 10.1. The molecule has 0 bridgehead atoms. The molecule has 1 amide bonds. The molecule has 0 saturated carbocycles.